The van der Waals surface area contributed by atoms with E-state index < -0.39 is 5.76 Å². The van der Waals surface area contributed by atoms with E-state index in [2.05, 4.69) is 9.88 Å². The first kappa shape index (κ1) is 20.0. The highest BCUT2D eigenvalue weighted by atomic mass is 32.2. The molecule has 0 bridgehead atoms. The SMILES string of the molecule is O=C(CN1CCN(C(=O)c2cccnc2SC(F)F)CC1)N1CCCCC1. The van der Waals surface area contributed by atoms with E-state index in [4.69, 9.17) is 0 Å². The Hall–Kier alpha value is -1.74. The molecule has 27 heavy (non-hydrogen) atoms. The minimum absolute atomic E-state index is 0.0557. The zero-order valence-corrected chi connectivity index (χ0v) is 16.0. The standard InChI is InChI=1S/C18H24F2N4O2S/c19-18(20)27-16-14(5-4-6-21-16)17(26)24-11-9-22(10-12-24)13-15(25)23-7-2-1-3-8-23/h4-6,18H,1-3,7-13H2. The number of carbonyl (C=O) groups excluding carboxylic acids is 2. The summed E-state index contributed by atoms with van der Waals surface area (Å²) < 4.78 is 25.4. The molecule has 0 saturated carbocycles. The second-order valence-electron chi connectivity index (χ2n) is 6.74. The van der Waals surface area contributed by atoms with Crippen LogP contribution in [0.2, 0.25) is 0 Å². The number of aromatic nitrogens is 1. The van der Waals surface area contributed by atoms with E-state index in [1.165, 1.54) is 18.7 Å². The first-order valence-electron chi connectivity index (χ1n) is 9.24. The van der Waals surface area contributed by atoms with Crippen molar-refractivity contribution in [2.45, 2.75) is 30.0 Å². The van der Waals surface area contributed by atoms with Gasteiger partial charge in [-0.3, -0.25) is 14.5 Å². The largest absolute Gasteiger partial charge is 0.342 e. The average molecular weight is 398 g/mol. The molecule has 2 aliphatic rings. The molecule has 2 amide bonds. The lowest BCUT2D eigenvalue weighted by Gasteiger charge is -2.36. The normalized spacial score (nSPS) is 18.8. The van der Waals surface area contributed by atoms with Crippen LogP contribution in [0.1, 0.15) is 29.6 Å². The smallest absolute Gasteiger partial charge is 0.290 e. The van der Waals surface area contributed by atoms with Gasteiger partial charge in [-0.1, -0.05) is 0 Å². The number of carbonyl (C=O) groups is 2. The van der Waals surface area contributed by atoms with Crippen LogP contribution < -0.4 is 0 Å². The molecule has 3 rings (SSSR count). The quantitative estimate of drug-likeness (QED) is 0.712. The maximum atomic E-state index is 12.7. The molecule has 0 radical (unpaired) electrons. The van der Waals surface area contributed by atoms with Crippen LogP contribution in [0.3, 0.4) is 0 Å². The van der Waals surface area contributed by atoms with Crippen LogP contribution in [0.5, 0.6) is 0 Å². The molecule has 9 heteroatoms. The van der Waals surface area contributed by atoms with Gasteiger partial charge >= 0.3 is 0 Å². The van der Waals surface area contributed by atoms with E-state index in [-0.39, 0.29) is 34.2 Å². The van der Waals surface area contributed by atoms with Crippen molar-refractivity contribution in [2.24, 2.45) is 0 Å². The van der Waals surface area contributed by atoms with Crippen LogP contribution in [0.4, 0.5) is 8.78 Å². The molecule has 0 N–H and O–H groups in total. The number of piperidine rings is 1. The summed E-state index contributed by atoms with van der Waals surface area (Å²) in [4.78, 5) is 34.6. The van der Waals surface area contributed by atoms with Gasteiger partial charge in [-0.05, 0) is 43.2 Å². The molecular weight excluding hydrogens is 374 g/mol. The van der Waals surface area contributed by atoms with Crippen molar-refractivity contribution < 1.29 is 18.4 Å². The number of alkyl halides is 2. The van der Waals surface area contributed by atoms with Gasteiger partial charge in [0.05, 0.1) is 12.1 Å². The highest BCUT2D eigenvalue weighted by molar-refractivity contribution is 7.99. The van der Waals surface area contributed by atoms with E-state index in [1.54, 1.807) is 11.0 Å². The number of hydrogen-bond acceptors (Lipinski definition) is 5. The van der Waals surface area contributed by atoms with Gasteiger partial charge in [-0.25, -0.2) is 4.98 Å². The number of halogens is 2. The number of piperazine rings is 1. The topological polar surface area (TPSA) is 56.8 Å². The van der Waals surface area contributed by atoms with Crippen molar-refractivity contribution in [3.63, 3.8) is 0 Å². The Morgan fingerprint density at radius 1 is 1.04 bits per heavy atom. The summed E-state index contributed by atoms with van der Waals surface area (Å²) >= 11 is 0.290. The summed E-state index contributed by atoms with van der Waals surface area (Å²) in [6.07, 6.45) is 4.73. The van der Waals surface area contributed by atoms with Crippen LogP contribution in [-0.2, 0) is 4.79 Å². The number of thioether (sulfide) groups is 1. The van der Waals surface area contributed by atoms with Crippen LogP contribution in [0, 0.1) is 0 Å². The fraction of sp³-hybridized carbons (Fsp3) is 0.611. The number of pyridine rings is 1. The van der Waals surface area contributed by atoms with Crippen LogP contribution in [0.15, 0.2) is 23.4 Å². The highest BCUT2D eigenvalue weighted by Gasteiger charge is 2.27. The van der Waals surface area contributed by atoms with Gasteiger partial charge in [-0.2, -0.15) is 8.78 Å². The maximum absolute atomic E-state index is 12.7. The molecule has 1 aromatic heterocycles. The lowest BCUT2D eigenvalue weighted by Crippen LogP contribution is -2.52. The summed E-state index contributed by atoms with van der Waals surface area (Å²) in [5.74, 6) is -2.75. The Kier molecular flexibility index (Phi) is 7.01. The zero-order chi connectivity index (χ0) is 19.2. The number of amides is 2. The average Bonchev–Trinajstić information content (AvgIpc) is 2.69. The van der Waals surface area contributed by atoms with Crippen LogP contribution in [-0.4, -0.2) is 83.1 Å². The van der Waals surface area contributed by atoms with E-state index in [0.717, 1.165) is 25.9 Å². The van der Waals surface area contributed by atoms with Crippen molar-refractivity contribution >= 4 is 23.6 Å². The second-order valence-corrected chi connectivity index (χ2v) is 7.72. The Labute approximate surface area is 161 Å². The predicted octanol–water partition coefficient (Wildman–Crippen LogP) is 2.17. The molecule has 2 aliphatic heterocycles. The minimum atomic E-state index is -2.62. The van der Waals surface area contributed by atoms with Gasteiger partial charge in [0, 0.05) is 45.5 Å². The van der Waals surface area contributed by atoms with Crippen molar-refractivity contribution in [3.05, 3.63) is 23.9 Å². The summed E-state index contributed by atoms with van der Waals surface area (Å²) in [6, 6.07) is 3.11. The number of nitrogens with zero attached hydrogens (tertiary/aromatic N) is 4. The molecule has 3 heterocycles. The lowest BCUT2D eigenvalue weighted by molar-refractivity contribution is -0.133. The van der Waals surface area contributed by atoms with Gasteiger partial charge < -0.3 is 9.80 Å². The van der Waals surface area contributed by atoms with Crippen molar-refractivity contribution in [2.75, 3.05) is 45.8 Å². The molecule has 2 fully saturated rings. The Morgan fingerprint density at radius 3 is 2.41 bits per heavy atom. The molecule has 0 aliphatic carbocycles. The second kappa shape index (κ2) is 9.45. The molecule has 6 nitrogen and oxygen atoms in total. The number of hydrogen-bond donors (Lipinski definition) is 0. The van der Waals surface area contributed by atoms with Gasteiger partial charge in [-0.15, -0.1) is 0 Å². The zero-order valence-electron chi connectivity index (χ0n) is 15.1. The van der Waals surface area contributed by atoms with Gasteiger partial charge in [0.15, 0.2) is 0 Å². The van der Waals surface area contributed by atoms with Gasteiger partial charge in [0.25, 0.3) is 11.7 Å². The molecule has 148 valence electrons. The number of likely N-dealkylation sites (tertiary alicyclic amines) is 1. The molecule has 1 aromatic rings. The van der Waals surface area contributed by atoms with Crippen molar-refractivity contribution in [1.29, 1.82) is 0 Å². The summed E-state index contributed by atoms with van der Waals surface area (Å²) in [5, 5.41) is 0.0557. The molecule has 0 spiro atoms. The van der Waals surface area contributed by atoms with Crippen LogP contribution >= 0.6 is 11.8 Å². The van der Waals surface area contributed by atoms with Gasteiger partial charge in [0.1, 0.15) is 5.03 Å². The van der Waals surface area contributed by atoms with E-state index >= 15 is 0 Å². The third-order valence-corrected chi connectivity index (χ3v) is 5.66. The molecular formula is C18H24F2N4O2S. The predicted molar refractivity (Wildman–Crippen MR) is 98.9 cm³/mol. The summed E-state index contributed by atoms with van der Waals surface area (Å²) in [6.45, 7) is 4.19. The van der Waals surface area contributed by atoms with Crippen molar-refractivity contribution in [3.8, 4) is 0 Å². The van der Waals surface area contributed by atoms with Gasteiger partial charge in [0.2, 0.25) is 5.91 Å². The van der Waals surface area contributed by atoms with Crippen LogP contribution in [0.25, 0.3) is 0 Å². The maximum Gasteiger partial charge on any atom is 0.290 e. The summed E-state index contributed by atoms with van der Waals surface area (Å²) in [5.41, 5.74) is 0.209. The Balaban J connectivity index is 1.53. The number of rotatable bonds is 5. The van der Waals surface area contributed by atoms with E-state index in [9.17, 15) is 18.4 Å². The molecule has 2 saturated heterocycles. The fourth-order valence-corrected chi connectivity index (χ4v) is 4.02. The fourth-order valence-electron chi connectivity index (χ4n) is 3.45. The first-order valence-corrected chi connectivity index (χ1v) is 10.1. The lowest BCUT2D eigenvalue weighted by atomic mass is 10.1. The van der Waals surface area contributed by atoms with E-state index in [0.29, 0.717) is 32.7 Å². The monoisotopic (exact) mass is 398 g/mol. The Bertz CT molecular complexity index is 663. The van der Waals surface area contributed by atoms with Crippen molar-refractivity contribution in [1.82, 2.24) is 19.7 Å². The highest BCUT2D eigenvalue weighted by Crippen LogP contribution is 2.27. The summed E-state index contributed by atoms with van der Waals surface area (Å²) in [7, 11) is 0. The minimum Gasteiger partial charge on any atom is -0.342 e. The Morgan fingerprint density at radius 2 is 1.74 bits per heavy atom. The third-order valence-electron chi connectivity index (χ3n) is 4.93. The molecule has 0 unspecified atom stereocenters. The first-order chi connectivity index (χ1) is 13.0. The molecule has 0 aromatic carbocycles. The molecule has 0 atom stereocenters. The third kappa shape index (κ3) is 5.38. The van der Waals surface area contributed by atoms with E-state index in [1.807, 2.05) is 4.90 Å².